The van der Waals surface area contributed by atoms with Gasteiger partial charge in [-0.1, -0.05) is 40.9 Å². The van der Waals surface area contributed by atoms with Gasteiger partial charge in [-0.05, 0) is 48.4 Å². The Morgan fingerprint density at radius 3 is 2.29 bits per heavy atom. The largest absolute Gasteiger partial charge is 0.416 e. The molecule has 13 heteroatoms. The highest BCUT2D eigenvalue weighted by Gasteiger charge is 2.39. The maximum Gasteiger partial charge on any atom is 0.416 e. The molecule has 0 fully saturated rings. The molecule has 0 aliphatic heterocycles. The predicted molar refractivity (Wildman–Crippen MR) is 122 cm³/mol. The number of rotatable bonds is 8. The summed E-state index contributed by atoms with van der Waals surface area (Å²) in [5.74, 6) is -0.755. The van der Waals surface area contributed by atoms with Crippen LogP contribution in [0.5, 0.6) is 0 Å². The summed E-state index contributed by atoms with van der Waals surface area (Å²) in [5.41, 5.74) is -0.0697. The normalized spacial score (nSPS) is 12.6. The van der Waals surface area contributed by atoms with Gasteiger partial charge in [0.1, 0.15) is 6.54 Å². The quantitative estimate of drug-likeness (QED) is 0.455. The van der Waals surface area contributed by atoms with Gasteiger partial charge in [0.2, 0.25) is 5.91 Å². The molecule has 1 heterocycles. The molecule has 0 bridgehead atoms. The minimum absolute atomic E-state index is 0.147. The zero-order valence-electron chi connectivity index (χ0n) is 17.3. The van der Waals surface area contributed by atoms with E-state index in [1.807, 2.05) is 0 Å². The van der Waals surface area contributed by atoms with Crippen molar-refractivity contribution in [1.29, 1.82) is 0 Å². The van der Waals surface area contributed by atoms with Crippen molar-refractivity contribution >= 4 is 40.7 Å². The molecule has 182 valence electrons. The van der Waals surface area contributed by atoms with Gasteiger partial charge in [-0.3, -0.25) is 9.36 Å². The van der Waals surface area contributed by atoms with Crippen LogP contribution in [-0.2, 0) is 24.3 Å². The number of amides is 1. The fourth-order valence-electron chi connectivity index (χ4n) is 3.09. The first kappa shape index (κ1) is 26.1. The molecule has 1 amide bonds. The molecule has 2 aromatic carbocycles. The Balaban J connectivity index is 1.79. The highest BCUT2D eigenvalue weighted by Crippen LogP contribution is 2.25. The Morgan fingerprint density at radius 1 is 1.09 bits per heavy atom. The van der Waals surface area contributed by atoms with Gasteiger partial charge < -0.3 is 10.4 Å². The van der Waals surface area contributed by atoms with Gasteiger partial charge in [0.15, 0.2) is 11.9 Å². The van der Waals surface area contributed by atoms with Crippen LogP contribution in [0.4, 0.5) is 13.2 Å². The molecule has 0 saturated carbocycles. The summed E-state index contributed by atoms with van der Waals surface area (Å²) in [4.78, 5) is 25.1. The highest BCUT2D eigenvalue weighted by molar-refractivity contribution is 6.36. The second-order valence-electron chi connectivity index (χ2n) is 7.24. The zero-order chi connectivity index (χ0) is 25.0. The van der Waals surface area contributed by atoms with E-state index in [1.165, 1.54) is 24.3 Å². The third kappa shape index (κ3) is 6.32. The molecule has 3 aromatic rings. The number of aromatic nitrogens is 3. The lowest BCUT2D eigenvalue weighted by atomic mass is 10.1. The Kier molecular flexibility index (Phi) is 8.29. The van der Waals surface area contributed by atoms with Crippen LogP contribution < -0.4 is 11.0 Å². The van der Waals surface area contributed by atoms with Gasteiger partial charge in [-0.2, -0.15) is 13.2 Å². The van der Waals surface area contributed by atoms with E-state index in [1.54, 1.807) is 18.2 Å². The zero-order valence-corrected chi connectivity index (χ0v) is 19.6. The monoisotopic (exact) mass is 536 g/mol. The van der Waals surface area contributed by atoms with Gasteiger partial charge in [0.05, 0.1) is 6.54 Å². The average Bonchev–Trinajstić information content (AvgIpc) is 3.05. The van der Waals surface area contributed by atoms with E-state index >= 15 is 0 Å². The minimum Gasteiger partial charge on any atom is -0.382 e. The number of nitrogens with zero attached hydrogens (tertiary/aromatic N) is 3. The number of hydrogen-bond donors (Lipinski definition) is 2. The molecule has 2 N–H and O–H groups in total. The number of aliphatic hydroxyl groups excluding tert-OH is 1. The van der Waals surface area contributed by atoms with Gasteiger partial charge in [-0.15, -0.1) is 5.10 Å². The summed E-state index contributed by atoms with van der Waals surface area (Å²) in [6.45, 7) is -1.49. The molecule has 0 aliphatic carbocycles. The van der Waals surface area contributed by atoms with Crippen LogP contribution in [0, 0.1) is 0 Å². The van der Waals surface area contributed by atoms with Crippen LogP contribution in [0.3, 0.4) is 0 Å². The van der Waals surface area contributed by atoms with Crippen molar-refractivity contribution in [2.45, 2.75) is 31.8 Å². The maximum atomic E-state index is 12.9. The highest BCUT2D eigenvalue weighted by atomic mass is 35.5. The Morgan fingerprint density at radius 2 is 1.71 bits per heavy atom. The van der Waals surface area contributed by atoms with E-state index in [2.05, 4.69) is 10.4 Å². The van der Waals surface area contributed by atoms with Crippen molar-refractivity contribution in [1.82, 2.24) is 19.7 Å². The molecular weight excluding hydrogens is 520 g/mol. The van der Waals surface area contributed by atoms with Crippen LogP contribution in [0.2, 0.25) is 15.1 Å². The van der Waals surface area contributed by atoms with Gasteiger partial charge in [0.25, 0.3) is 0 Å². The van der Waals surface area contributed by atoms with E-state index < -0.39 is 37.0 Å². The number of nitrogens with one attached hydrogen (secondary N) is 1. The number of alkyl halides is 3. The number of aliphatic hydroxyl groups is 1. The lowest BCUT2D eigenvalue weighted by Gasteiger charge is -2.15. The molecule has 1 unspecified atom stereocenters. The maximum absolute atomic E-state index is 12.9. The van der Waals surface area contributed by atoms with Crippen molar-refractivity contribution in [3.05, 3.63) is 73.6 Å². The fourth-order valence-corrected chi connectivity index (χ4v) is 3.80. The van der Waals surface area contributed by atoms with Crippen molar-refractivity contribution in [2.75, 3.05) is 6.54 Å². The van der Waals surface area contributed by atoms with E-state index in [0.717, 1.165) is 4.68 Å². The summed E-state index contributed by atoms with van der Waals surface area (Å²) in [6, 6.07) is 10.9. The first-order valence-electron chi connectivity index (χ1n) is 9.85. The van der Waals surface area contributed by atoms with Crippen LogP contribution >= 0.6 is 34.8 Å². The summed E-state index contributed by atoms with van der Waals surface area (Å²) in [7, 11) is 0. The van der Waals surface area contributed by atoms with Gasteiger partial charge in [0, 0.05) is 27.2 Å². The van der Waals surface area contributed by atoms with Crippen molar-refractivity contribution in [3.8, 4) is 11.4 Å². The molecule has 34 heavy (non-hydrogen) atoms. The Bertz CT molecular complexity index is 1210. The summed E-state index contributed by atoms with van der Waals surface area (Å²) >= 11 is 18.0. The Labute approximate surface area is 206 Å². The minimum atomic E-state index is -4.95. The summed E-state index contributed by atoms with van der Waals surface area (Å²) < 4.78 is 40.1. The smallest absolute Gasteiger partial charge is 0.382 e. The van der Waals surface area contributed by atoms with Gasteiger partial charge in [-0.25, -0.2) is 9.48 Å². The third-order valence-electron chi connectivity index (χ3n) is 4.81. The van der Waals surface area contributed by atoms with Crippen molar-refractivity contribution in [3.63, 3.8) is 0 Å². The third-order valence-corrected chi connectivity index (χ3v) is 5.77. The molecule has 3 rings (SSSR count). The van der Waals surface area contributed by atoms with E-state index in [4.69, 9.17) is 34.8 Å². The average molecular weight is 538 g/mol. The van der Waals surface area contributed by atoms with Crippen LogP contribution in [0.1, 0.15) is 5.56 Å². The van der Waals surface area contributed by atoms with Crippen LogP contribution in [0.25, 0.3) is 11.4 Å². The second-order valence-corrected chi connectivity index (χ2v) is 8.49. The molecule has 0 radical (unpaired) electrons. The molecule has 0 spiro atoms. The van der Waals surface area contributed by atoms with Crippen LogP contribution in [-0.4, -0.2) is 44.2 Å². The first-order valence-corrected chi connectivity index (χ1v) is 11.0. The van der Waals surface area contributed by atoms with E-state index in [9.17, 15) is 27.9 Å². The van der Waals surface area contributed by atoms with Crippen molar-refractivity contribution in [2.24, 2.45) is 0 Å². The topological polar surface area (TPSA) is 89.2 Å². The Hall–Kier alpha value is -2.53. The molecule has 0 aliphatic rings. The summed E-state index contributed by atoms with van der Waals surface area (Å²) in [6.07, 6.45) is -7.43. The number of halogens is 6. The van der Waals surface area contributed by atoms with E-state index in [0.29, 0.717) is 31.6 Å². The molecule has 7 nitrogen and oxygen atoms in total. The SMILES string of the molecule is O=C(Cn1nc(-c2ccc(Cl)cc2)n(CC(O)C(F)(F)F)c1=O)NCCc1c(Cl)cccc1Cl. The molecule has 1 aromatic heterocycles. The summed E-state index contributed by atoms with van der Waals surface area (Å²) in [5, 5.41) is 17.3. The van der Waals surface area contributed by atoms with E-state index in [-0.39, 0.29) is 17.9 Å². The van der Waals surface area contributed by atoms with Crippen molar-refractivity contribution < 1.29 is 23.1 Å². The second kappa shape index (κ2) is 10.8. The van der Waals surface area contributed by atoms with Gasteiger partial charge >= 0.3 is 11.9 Å². The first-order chi connectivity index (χ1) is 16.0. The van der Waals surface area contributed by atoms with Crippen LogP contribution in [0.15, 0.2) is 47.3 Å². The fraction of sp³-hybridized carbons (Fsp3) is 0.286. The lowest BCUT2D eigenvalue weighted by molar-refractivity contribution is -0.207. The number of carbonyl (C=O) groups is 1. The molecule has 0 saturated heterocycles. The lowest BCUT2D eigenvalue weighted by Crippen LogP contribution is -2.38. The molecular formula is C21H18Cl3F3N4O3. The number of benzene rings is 2. The molecule has 1 atom stereocenters. The standard InChI is InChI=1S/C21H18Cl3F3N4O3/c22-13-6-4-12(5-7-13)19-29-31(20(34)30(19)10-17(32)21(25,26)27)11-18(33)28-9-8-14-15(23)2-1-3-16(14)24/h1-7,17,32H,8-11H2,(H,28,33). The number of hydrogen-bond acceptors (Lipinski definition) is 4. The number of carbonyl (C=O) groups excluding carboxylic acids is 1. The predicted octanol–water partition coefficient (Wildman–Crippen LogP) is 3.95.